The first-order chi connectivity index (χ1) is 5.78. The van der Waals surface area contributed by atoms with E-state index in [1.807, 2.05) is 0 Å². The van der Waals surface area contributed by atoms with Crippen molar-refractivity contribution in [2.24, 2.45) is 23.7 Å². The molecular weight excluding hydrogens is 148 g/mol. The van der Waals surface area contributed by atoms with E-state index < -0.39 is 0 Å². The van der Waals surface area contributed by atoms with Crippen molar-refractivity contribution in [2.75, 3.05) is 0 Å². The van der Waals surface area contributed by atoms with Crippen molar-refractivity contribution < 1.29 is 4.79 Å². The normalized spacial score (nSPS) is 47.1. The van der Waals surface area contributed by atoms with Gasteiger partial charge in [0.2, 0.25) is 0 Å². The average Bonchev–Trinajstić information content (AvgIpc) is 2.02. The van der Waals surface area contributed by atoms with Gasteiger partial charge < -0.3 is 4.79 Å². The summed E-state index contributed by atoms with van der Waals surface area (Å²) in [5.74, 6) is 3.08. The maximum absolute atomic E-state index is 10.7. The highest BCUT2D eigenvalue weighted by Crippen LogP contribution is 2.43. The Balaban J connectivity index is 2.00. The molecule has 0 aromatic rings. The number of fused-ring (bicyclic) bond motifs is 2. The van der Waals surface area contributed by atoms with Gasteiger partial charge in [-0.3, -0.25) is 0 Å². The van der Waals surface area contributed by atoms with E-state index in [4.69, 9.17) is 0 Å². The molecule has 0 amide bonds. The van der Waals surface area contributed by atoms with E-state index in [1.165, 1.54) is 38.4 Å². The highest BCUT2D eigenvalue weighted by Gasteiger charge is 2.34. The minimum Gasteiger partial charge on any atom is -0.303 e. The number of carbonyl (C=O) groups is 1. The molecule has 0 saturated heterocycles. The molecule has 12 heavy (non-hydrogen) atoms. The maximum Gasteiger partial charge on any atom is 0.123 e. The SMILES string of the molecule is CC1CC2CC(C=O)CC(C1)C2. The monoisotopic (exact) mass is 166 g/mol. The summed E-state index contributed by atoms with van der Waals surface area (Å²) in [5, 5.41) is 0. The zero-order valence-corrected chi connectivity index (χ0v) is 7.83. The minimum atomic E-state index is 0.404. The molecule has 2 aliphatic carbocycles. The van der Waals surface area contributed by atoms with Crippen molar-refractivity contribution in [3.8, 4) is 0 Å². The van der Waals surface area contributed by atoms with Gasteiger partial charge in [-0.15, -0.1) is 0 Å². The van der Waals surface area contributed by atoms with E-state index in [-0.39, 0.29) is 0 Å². The van der Waals surface area contributed by atoms with E-state index in [2.05, 4.69) is 6.92 Å². The Morgan fingerprint density at radius 2 is 1.58 bits per heavy atom. The molecular formula is C11H18O. The van der Waals surface area contributed by atoms with Gasteiger partial charge in [0.1, 0.15) is 6.29 Å². The number of hydrogen-bond acceptors (Lipinski definition) is 1. The highest BCUT2D eigenvalue weighted by atomic mass is 16.1. The smallest absolute Gasteiger partial charge is 0.123 e. The molecule has 2 unspecified atom stereocenters. The topological polar surface area (TPSA) is 17.1 Å². The van der Waals surface area contributed by atoms with Crippen LogP contribution in [0.3, 0.4) is 0 Å². The van der Waals surface area contributed by atoms with Gasteiger partial charge in [0.15, 0.2) is 0 Å². The summed E-state index contributed by atoms with van der Waals surface area (Å²) in [5.41, 5.74) is 0. The van der Waals surface area contributed by atoms with Crippen LogP contribution >= 0.6 is 0 Å². The summed E-state index contributed by atoms with van der Waals surface area (Å²) in [6.07, 6.45) is 7.72. The third kappa shape index (κ3) is 1.55. The summed E-state index contributed by atoms with van der Waals surface area (Å²) >= 11 is 0. The van der Waals surface area contributed by atoms with E-state index in [0.29, 0.717) is 5.92 Å². The van der Waals surface area contributed by atoms with Crippen molar-refractivity contribution in [1.29, 1.82) is 0 Å². The van der Waals surface area contributed by atoms with Gasteiger partial charge >= 0.3 is 0 Å². The Morgan fingerprint density at radius 3 is 2.08 bits per heavy atom. The molecule has 2 aliphatic rings. The van der Waals surface area contributed by atoms with E-state index >= 15 is 0 Å². The van der Waals surface area contributed by atoms with Gasteiger partial charge in [0, 0.05) is 5.92 Å². The first-order valence-electron chi connectivity index (χ1n) is 5.23. The second-order valence-corrected chi connectivity index (χ2v) is 4.91. The Hall–Kier alpha value is -0.330. The van der Waals surface area contributed by atoms with Crippen LogP contribution in [0.15, 0.2) is 0 Å². The summed E-state index contributed by atoms with van der Waals surface area (Å²) < 4.78 is 0. The van der Waals surface area contributed by atoms with Crippen molar-refractivity contribution in [2.45, 2.75) is 39.0 Å². The fourth-order valence-electron chi connectivity index (χ4n) is 3.35. The zero-order valence-electron chi connectivity index (χ0n) is 7.83. The van der Waals surface area contributed by atoms with Crippen LogP contribution in [0, 0.1) is 23.7 Å². The molecule has 1 nitrogen and oxygen atoms in total. The Labute approximate surface area is 74.5 Å². The average molecular weight is 166 g/mol. The van der Waals surface area contributed by atoms with Gasteiger partial charge in [-0.1, -0.05) is 6.92 Å². The van der Waals surface area contributed by atoms with Crippen molar-refractivity contribution in [3.05, 3.63) is 0 Å². The number of rotatable bonds is 1. The Kier molecular flexibility index (Phi) is 2.20. The molecule has 0 aliphatic heterocycles. The molecule has 0 aromatic carbocycles. The molecule has 68 valence electrons. The predicted octanol–water partition coefficient (Wildman–Crippen LogP) is 2.65. The fourth-order valence-corrected chi connectivity index (χ4v) is 3.35. The van der Waals surface area contributed by atoms with Crippen LogP contribution in [0.4, 0.5) is 0 Å². The van der Waals surface area contributed by atoms with Crippen LogP contribution in [0.2, 0.25) is 0 Å². The lowest BCUT2D eigenvalue weighted by Crippen LogP contribution is -2.30. The van der Waals surface area contributed by atoms with Crippen molar-refractivity contribution in [3.63, 3.8) is 0 Å². The summed E-state index contributed by atoms with van der Waals surface area (Å²) in [6.45, 7) is 2.36. The largest absolute Gasteiger partial charge is 0.303 e. The van der Waals surface area contributed by atoms with E-state index in [1.54, 1.807) is 0 Å². The number of carbonyl (C=O) groups excluding carboxylic acids is 1. The van der Waals surface area contributed by atoms with Gasteiger partial charge in [0.25, 0.3) is 0 Å². The summed E-state index contributed by atoms with van der Waals surface area (Å²) in [7, 11) is 0. The standard InChI is InChI=1S/C11H18O/c1-8-2-9-4-10(3-8)6-11(5-9)7-12/h7-11H,2-6H2,1H3. The molecule has 1 heteroatoms. The summed E-state index contributed by atoms with van der Waals surface area (Å²) in [6, 6.07) is 0. The van der Waals surface area contributed by atoms with Crippen LogP contribution < -0.4 is 0 Å². The van der Waals surface area contributed by atoms with Crippen LogP contribution in [0.1, 0.15) is 39.0 Å². The molecule has 2 saturated carbocycles. The third-order valence-corrected chi connectivity index (χ3v) is 3.60. The molecule has 0 radical (unpaired) electrons. The molecule has 2 rings (SSSR count). The van der Waals surface area contributed by atoms with Gasteiger partial charge in [-0.05, 0) is 49.9 Å². The molecule has 0 spiro atoms. The first kappa shape index (κ1) is 8.28. The zero-order chi connectivity index (χ0) is 8.55. The Bertz CT molecular complexity index is 158. The molecule has 2 bridgehead atoms. The van der Waals surface area contributed by atoms with Gasteiger partial charge in [0.05, 0.1) is 0 Å². The van der Waals surface area contributed by atoms with E-state index in [0.717, 1.165) is 17.8 Å². The lowest BCUT2D eigenvalue weighted by atomic mass is 9.65. The molecule has 0 aromatic heterocycles. The summed E-state index contributed by atoms with van der Waals surface area (Å²) in [4.78, 5) is 10.7. The molecule has 2 fully saturated rings. The highest BCUT2D eigenvalue weighted by molar-refractivity contribution is 5.53. The number of hydrogen-bond donors (Lipinski definition) is 0. The van der Waals surface area contributed by atoms with Crippen LogP contribution in [-0.4, -0.2) is 6.29 Å². The van der Waals surface area contributed by atoms with Gasteiger partial charge in [-0.2, -0.15) is 0 Å². The predicted molar refractivity (Wildman–Crippen MR) is 48.8 cm³/mol. The van der Waals surface area contributed by atoms with Crippen molar-refractivity contribution in [1.82, 2.24) is 0 Å². The first-order valence-corrected chi connectivity index (χ1v) is 5.23. The molecule has 2 atom stereocenters. The lowest BCUT2D eigenvalue weighted by Gasteiger charge is -2.40. The Morgan fingerprint density at radius 1 is 1.00 bits per heavy atom. The van der Waals surface area contributed by atoms with Crippen LogP contribution in [-0.2, 0) is 4.79 Å². The van der Waals surface area contributed by atoms with Crippen LogP contribution in [0.25, 0.3) is 0 Å². The second kappa shape index (κ2) is 3.20. The maximum atomic E-state index is 10.7. The van der Waals surface area contributed by atoms with E-state index in [9.17, 15) is 4.79 Å². The molecule has 0 heterocycles. The third-order valence-electron chi connectivity index (χ3n) is 3.60. The van der Waals surface area contributed by atoms with Crippen LogP contribution in [0.5, 0.6) is 0 Å². The number of aldehydes is 1. The molecule has 0 N–H and O–H groups in total. The van der Waals surface area contributed by atoms with Crippen molar-refractivity contribution >= 4 is 6.29 Å². The quantitative estimate of drug-likeness (QED) is 0.547. The fraction of sp³-hybridized carbons (Fsp3) is 0.909. The minimum absolute atomic E-state index is 0.404. The lowest BCUT2D eigenvalue weighted by molar-refractivity contribution is -0.113. The van der Waals surface area contributed by atoms with Gasteiger partial charge in [-0.25, -0.2) is 0 Å². The second-order valence-electron chi connectivity index (χ2n) is 4.91.